The Morgan fingerprint density at radius 1 is 1.19 bits per heavy atom. The molecule has 5 heteroatoms. The van der Waals surface area contributed by atoms with Crippen molar-refractivity contribution in [2.75, 3.05) is 45.4 Å². The Labute approximate surface area is 127 Å². The molecule has 0 radical (unpaired) electrons. The third kappa shape index (κ3) is 5.61. The molecule has 1 unspecified atom stereocenters. The predicted octanol–water partition coefficient (Wildman–Crippen LogP) is 2.20. The van der Waals surface area contributed by atoms with Crippen LogP contribution in [-0.2, 0) is 15.9 Å². The first-order chi connectivity index (χ1) is 10.1. The van der Waals surface area contributed by atoms with Gasteiger partial charge in [0.1, 0.15) is 5.82 Å². The molecular formula is C16H27FN2O2. The average Bonchev–Trinajstić information content (AvgIpc) is 2.49. The fourth-order valence-electron chi connectivity index (χ4n) is 2.21. The maximum Gasteiger partial charge on any atom is 0.128 e. The topological polar surface area (TPSA) is 47.7 Å². The van der Waals surface area contributed by atoms with E-state index in [1.807, 2.05) is 13.0 Å². The van der Waals surface area contributed by atoms with Crippen molar-refractivity contribution in [2.24, 2.45) is 5.73 Å². The zero-order valence-electron chi connectivity index (χ0n) is 13.3. The number of nitrogens with two attached hydrogens (primary N) is 1. The molecule has 0 saturated heterocycles. The van der Waals surface area contributed by atoms with Gasteiger partial charge in [-0.2, -0.15) is 0 Å². The van der Waals surface area contributed by atoms with E-state index in [4.69, 9.17) is 15.2 Å². The molecule has 0 aliphatic rings. The maximum atomic E-state index is 14.2. The number of halogens is 1. The summed E-state index contributed by atoms with van der Waals surface area (Å²) in [6.45, 7) is 4.56. The number of ether oxygens (including phenoxy) is 2. The van der Waals surface area contributed by atoms with Gasteiger partial charge >= 0.3 is 0 Å². The van der Waals surface area contributed by atoms with Gasteiger partial charge in [0, 0.05) is 44.6 Å². The van der Waals surface area contributed by atoms with Crippen LogP contribution in [0.4, 0.5) is 10.1 Å². The monoisotopic (exact) mass is 298 g/mol. The third-order valence-corrected chi connectivity index (χ3v) is 3.56. The van der Waals surface area contributed by atoms with Gasteiger partial charge in [-0.1, -0.05) is 13.0 Å². The molecule has 21 heavy (non-hydrogen) atoms. The number of hydrogen-bond acceptors (Lipinski definition) is 4. The molecule has 0 fully saturated rings. The molecule has 0 bridgehead atoms. The van der Waals surface area contributed by atoms with E-state index in [0.29, 0.717) is 38.3 Å². The summed E-state index contributed by atoms with van der Waals surface area (Å²) in [7, 11) is 3.32. The molecule has 0 amide bonds. The van der Waals surface area contributed by atoms with Crippen molar-refractivity contribution in [2.45, 2.75) is 25.8 Å². The summed E-state index contributed by atoms with van der Waals surface area (Å²) in [6.07, 6.45) is 1.36. The lowest BCUT2D eigenvalue weighted by Crippen LogP contribution is -2.32. The Balaban J connectivity index is 3.01. The number of benzene rings is 1. The highest BCUT2D eigenvalue weighted by Crippen LogP contribution is 2.25. The largest absolute Gasteiger partial charge is 0.383 e. The van der Waals surface area contributed by atoms with E-state index >= 15 is 0 Å². The number of hydrogen-bond donors (Lipinski definition) is 1. The van der Waals surface area contributed by atoms with Gasteiger partial charge in [-0.25, -0.2) is 4.39 Å². The molecule has 4 nitrogen and oxygen atoms in total. The fraction of sp³-hybridized carbons (Fsp3) is 0.625. The zero-order valence-corrected chi connectivity index (χ0v) is 13.3. The molecule has 120 valence electrons. The van der Waals surface area contributed by atoms with E-state index in [1.54, 1.807) is 20.3 Å². The Morgan fingerprint density at radius 2 is 1.81 bits per heavy atom. The van der Waals surface area contributed by atoms with E-state index in [2.05, 4.69) is 4.90 Å². The number of anilines is 1. The molecule has 2 N–H and O–H groups in total. The summed E-state index contributed by atoms with van der Waals surface area (Å²) in [5, 5.41) is 0. The molecule has 1 rings (SSSR count). The lowest BCUT2D eigenvalue weighted by molar-refractivity contribution is 0.190. The van der Waals surface area contributed by atoms with Crippen molar-refractivity contribution < 1.29 is 13.9 Å². The van der Waals surface area contributed by atoms with Crippen LogP contribution in [-0.4, -0.2) is 46.6 Å². The summed E-state index contributed by atoms with van der Waals surface area (Å²) in [6, 6.07) is 5.13. The van der Waals surface area contributed by atoms with Crippen LogP contribution in [0, 0.1) is 5.82 Å². The van der Waals surface area contributed by atoms with E-state index in [1.165, 1.54) is 6.07 Å². The minimum Gasteiger partial charge on any atom is -0.383 e. The fourth-order valence-corrected chi connectivity index (χ4v) is 2.21. The summed E-state index contributed by atoms with van der Waals surface area (Å²) in [5.41, 5.74) is 7.57. The molecule has 0 aliphatic carbocycles. The van der Waals surface area contributed by atoms with Crippen LogP contribution >= 0.6 is 0 Å². The molecule has 0 spiro atoms. The van der Waals surface area contributed by atoms with Gasteiger partial charge in [0.15, 0.2) is 0 Å². The Bertz CT molecular complexity index is 407. The quantitative estimate of drug-likeness (QED) is 0.719. The van der Waals surface area contributed by atoms with Crippen LogP contribution in [0.1, 0.15) is 18.9 Å². The predicted molar refractivity (Wildman–Crippen MR) is 84.3 cm³/mol. The molecule has 1 atom stereocenters. The van der Waals surface area contributed by atoms with Crippen LogP contribution in [0.3, 0.4) is 0 Å². The lowest BCUT2D eigenvalue weighted by Gasteiger charge is -2.27. The van der Waals surface area contributed by atoms with Crippen LogP contribution in [0.5, 0.6) is 0 Å². The van der Waals surface area contributed by atoms with Crippen LogP contribution in [0.15, 0.2) is 18.2 Å². The molecule has 0 aliphatic heterocycles. The van der Waals surface area contributed by atoms with Gasteiger partial charge in [0.05, 0.1) is 13.2 Å². The van der Waals surface area contributed by atoms with Crippen molar-refractivity contribution >= 4 is 5.69 Å². The second-order valence-electron chi connectivity index (χ2n) is 5.08. The highest BCUT2D eigenvalue weighted by molar-refractivity contribution is 5.54. The first-order valence-corrected chi connectivity index (χ1v) is 7.39. The van der Waals surface area contributed by atoms with Crippen molar-refractivity contribution in [3.05, 3.63) is 29.6 Å². The summed E-state index contributed by atoms with van der Waals surface area (Å²) < 4.78 is 24.5. The molecular weight excluding hydrogens is 271 g/mol. The van der Waals surface area contributed by atoms with Crippen molar-refractivity contribution in [1.29, 1.82) is 0 Å². The summed E-state index contributed by atoms with van der Waals surface area (Å²) >= 11 is 0. The van der Waals surface area contributed by atoms with Gasteiger partial charge in [0.2, 0.25) is 0 Å². The van der Waals surface area contributed by atoms with Crippen LogP contribution in [0.25, 0.3) is 0 Å². The van der Waals surface area contributed by atoms with E-state index in [0.717, 1.165) is 12.1 Å². The van der Waals surface area contributed by atoms with Crippen LogP contribution < -0.4 is 10.6 Å². The smallest absolute Gasteiger partial charge is 0.128 e. The molecule has 1 aromatic carbocycles. The van der Waals surface area contributed by atoms with E-state index < -0.39 is 0 Å². The summed E-state index contributed by atoms with van der Waals surface area (Å²) in [4.78, 5) is 2.09. The first-order valence-electron chi connectivity index (χ1n) is 7.39. The first kappa shape index (κ1) is 17.9. The molecule has 0 heterocycles. The van der Waals surface area contributed by atoms with Crippen LogP contribution in [0.2, 0.25) is 0 Å². The van der Waals surface area contributed by atoms with Gasteiger partial charge in [-0.15, -0.1) is 0 Å². The third-order valence-electron chi connectivity index (χ3n) is 3.56. The second kappa shape index (κ2) is 9.71. The van der Waals surface area contributed by atoms with Gasteiger partial charge in [-0.05, 0) is 25.0 Å². The Hall–Kier alpha value is -1.17. The lowest BCUT2D eigenvalue weighted by atomic mass is 10.0. The highest BCUT2D eigenvalue weighted by atomic mass is 19.1. The molecule has 0 aromatic heterocycles. The van der Waals surface area contributed by atoms with Gasteiger partial charge in [-0.3, -0.25) is 0 Å². The normalized spacial score (nSPS) is 12.4. The Morgan fingerprint density at radius 3 is 2.33 bits per heavy atom. The minimum absolute atomic E-state index is 0.0349. The second-order valence-corrected chi connectivity index (χ2v) is 5.08. The summed E-state index contributed by atoms with van der Waals surface area (Å²) in [5.74, 6) is -0.198. The van der Waals surface area contributed by atoms with Gasteiger partial charge in [0.25, 0.3) is 0 Å². The Kier molecular flexibility index (Phi) is 8.27. The SMILES string of the molecule is CCC(N)Cc1c(F)cccc1N(CCOC)CCOC. The van der Waals surface area contributed by atoms with Gasteiger partial charge < -0.3 is 20.1 Å². The van der Waals surface area contributed by atoms with E-state index in [-0.39, 0.29) is 11.9 Å². The standard InChI is InChI=1S/C16H27FN2O2/c1-4-13(18)12-14-15(17)6-5-7-16(14)19(8-10-20-2)9-11-21-3/h5-7,13H,4,8-12,18H2,1-3H3. The average molecular weight is 298 g/mol. The zero-order chi connectivity index (χ0) is 15.7. The molecule has 1 aromatic rings. The minimum atomic E-state index is -0.198. The highest BCUT2D eigenvalue weighted by Gasteiger charge is 2.16. The molecule has 0 saturated carbocycles. The van der Waals surface area contributed by atoms with Crippen molar-refractivity contribution in [1.82, 2.24) is 0 Å². The number of methoxy groups -OCH3 is 2. The van der Waals surface area contributed by atoms with E-state index in [9.17, 15) is 4.39 Å². The number of nitrogens with zero attached hydrogens (tertiary/aromatic N) is 1. The number of rotatable bonds is 10. The van der Waals surface area contributed by atoms with Crippen molar-refractivity contribution in [3.8, 4) is 0 Å². The van der Waals surface area contributed by atoms with Crippen molar-refractivity contribution in [3.63, 3.8) is 0 Å². The maximum absolute atomic E-state index is 14.2.